The van der Waals surface area contributed by atoms with Crippen LogP contribution < -0.4 is 5.73 Å². The van der Waals surface area contributed by atoms with Gasteiger partial charge in [0.05, 0.1) is 0 Å². The van der Waals surface area contributed by atoms with Crippen LogP contribution in [0.15, 0.2) is 16.6 Å². The average Bonchev–Trinajstić information content (AvgIpc) is 2.51. The molecule has 1 atom stereocenters. The van der Waals surface area contributed by atoms with Crippen molar-refractivity contribution in [3.8, 4) is 0 Å². The SMILES string of the molecule is CCc1ccc(Br)c2c1[C@H](N)CC2. The van der Waals surface area contributed by atoms with Gasteiger partial charge in [0.25, 0.3) is 0 Å². The molecular weight excluding hydrogens is 226 g/mol. The molecule has 1 aromatic carbocycles. The predicted octanol–water partition coefficient (Wildman–Crippen LogP) is 2.96. The molecule has 0 radical (unpaired) electrons. The van der Waals surface area contributed by atoms with E-state index < -0.39 is 0 Å². The molecule has 13 heavy (non-hydrogen) atoms. The van der Waals surface area contributed by atoms with Crippen LogP contribution >= 0.6 is 15.9 Å². The van der Waals surface area contributed by atoms with Crippen molar-refractivity contribution in [1.29, 1.82) is 0 Å². The second kappa shape index (κ2) is 3.43. The van der Waals surface area contributed by atoms with Gasteiger partial charge in [-0.05, 0) is 42.0 Å². The van der Waals surface area contributed by atoms with E-state index in [1.165, 1.54) is 21.2 Å². The van der Waals surface area contributed by atoms with Crippen LogP contribution in [0.3, 0.4) is 0 Å². The van der Waals surface area contributed by atoms with Gasteiger partial charge in [-0.2, -0.15) is 0 Å². The first-order valence-electron chi connectivity index (χ1n) is 4.79. The Morgan fingerprint density at radius 1 is 1.54 bits per heavy atom. The van der Waals surface area contributed by atoms with Crippen molar-refractivity contribution in [1.82, 2.24) is 0 Å². The first-order chi connectivity index (χ1) is 6.24. The molecule has 1 aromatic rings. The molecule has 0 saturated heterocycles. The summed E-state index contributed by atoms with van der Waals surface area (Å²) in [5.74, 6) is 0. The second-order valence-corrected chi connectivity index (χ2v) is 4.45. The lowest BCUT2D eigenvalue weighted by molar-refractivity contribution is 0.707. The van der Waals surface area contributed by atoms with Crippen molar-refractivity contribution in [3.63, 3.8) is 0 Å². The normalized spacial score (nSPS) is 20.4. The van der Waals surface area contributed by atoms with Crippen LogP contribution in [-0.4, -0.2) is 0 Å². The number of fused-ring (bicyclic) bond motifs is 1. The minimum atomic E-state index is 0.266. The summed E-state index contributed by atoms with van der Waals surface area (Å²) in [5, 5.41) is 0. The summed E-state index contributed by atoms with van der Waals surface area (Å²) in [5.41, 5.74) is 10.3. The Morgan fingerprint density at radius 3 is 3.00 bits per heavy atom. The van der Waals surface area contributed by atoms with Crippen molar-refractivity contribution < 1.29 is 0 Å². The maximum absolute atomic E-state index is 6.07. The number of hydrogen-bond donors (Lipinski definition) is 1. The number of nitrogens with two attached hydrogens (primary N) is 1. The van der Waals surface area contributed by atoms with Gasteiger partial charge >= 0.3 is 0 Å². The van der Waals surface area contributed by atoms with E-state index >= 15 is 0 Å². The van der Waals surface area contributed by atoms with E-state index in [1.807, 2.05) is 0 Å². The van der Waals surface area contributed by atoms with Crippen molar-refractivity contribution in [2.24, 2.45) is 5.73 Å². The van der Waals surface area contributed by atoms with Gasteiger partial charge < -0.3 is 5.73 Å². The van der Waals surface area contributed by atoms with Crippen LogP contribution in [0.4, 0.5) is 0 Å². The lowest BCUT2D eigenvalue weighted by Crippen LogP contribution is -2.08. The summed E-state index contributed by atoms with van der Waals surface area (Å²) < 4.78 is 1.23. The summed E-state index contributed by atoms with van der Waals surface area (Å²) in [6.07, 6.45) is 3.32. The smallest absolute Gasteiger partial charge is 0.0303 e. The van der Waals surface area contributed by atoms with Gasteiger partial charge in [-0.3, -0.25) is 0 Å². The van der Waals surface area contributed by atoms with Gasteiger partial charge in [-0.25, -0.2) is 0 Å². The highest BCUT2D eigenvalue weighted by molar-refractivity contribution is 9.10. The fourth-order valence-corrected chi connectivity index (χ4v) is 2.70. The van der Waals surface area contributed by atoms with Crippen molar-refractivity contribution in [3.05, 3.63) is 33.3 Å². The highest BCUT2D eigenvalue weighted by Gasteiger charge is 2.23. The molecule has 0 aliphatic heterocycles. The topological polar surface area (TPSA) is 26.0 Å². The fraction of sp³-hybridized carbons (Fsp3) is 0.455. The molecule has 0 aromatic heterocycles. The van der Waals surface area contributed by atoms with E-state index in [-0.39, 0.29) is 6.04 Å². The molecule has 2 N–H and O–H groups in total. The van der Waals surface area contributed by atoms with Gasteiger partial charge in [0.1, 0.15) is 0 Å². The third-order valence-electron chi connectivity index (χ3n) is 2.85. The summed E-state index contributed by atoms with van der Waals surface area (Å²) in [6.45, 7) is 2.19. The molecule has 2 heteroatoms. The molecule has 0 heterocycles. The maximum Gasteiger partial charge on any atom is 0.0303 e. The predicted molar refractivity (Wildman–Crippen MR) is 58.8 cm³/mol. The minimum Gasteiger partial charge on any atom is -0.324 e. The molecule has 1 nitrogen and oxygen atoms in total. The minimum absolute atomic E-state index is 0.266. The highest BCUT2D eigenvalue weighted by Crippen LogP contribution is 2.36. The molecule has 0 unspecified atom stereocenters. The van der Waals surface area contributed by atoms with Gasteiger partial charge in [0, 0.05) is 10.5 Å². The van der Waals surface area contributed by atoms with E-state index in [4.69, 9.17) is 5.73 Å². The standard InChI is InChI=1S/C11H14BrN/c1-2-7-3-5-9(12)8-4-6-10(13)11(7)8/h3,5,10H,2,4,6,13H2,1H3/t10-/m1/s1. The quantitative estimate of drug-likeness (QED) is 0.802. The molecule has 0 fully saturated rings. The second-order valence-electron chi connectivity index (χ2n) is 3.60. The van der Waals surface area contributed by atoms with Crippen LogP contribution in [-0.2, 0) is 12.8 Å². The van der Waals surface area contributed by atoms with Crippen LogP contribution in [0.25, 0.3) is 0 Å². The third kappa shape index (κ3) is 1.42. The monoisotopic (exact) mass is 239 g/mol. The van der Waals surface area contributed by atoms with E-state index in [0.29, 0.717) is 0 Å². The zero-order valence-electron chi connectivity index (χ0n) is 7.81. The summed E-state index contributed by atoms with van der Waals surface area (Å²) in [7, 11) is 0. The Morgan fingerprint density at radius 2 is 2.31 bits per heavy atom. The molecule has 1 aliphatic carbocycles. The summed E-state index contributed by atoms with van der Waals surface area (Å²) in [6, 6.07) is 4.60. The average molecular weight is 240 g/mol. The maximum atomic E-state index is 6.07. The van der Waals surface area contributed by atoms with Gasteiger partial charge in [-0.15, -0.1) is 0 Å². The van der Waals surface area contributed by atoms with Crippen molar-refractivity contribution in [2.45, 2.75) is 32.2 Å². The fourth-order valence-electron chi connectivity index (χ4n) is 2.16. The third-order valence-corrected chi connectivity index (χ3v) is 3.59. The molecular formula is C11H14BrN. The largest absolute Gasteiger partial charge is 0.324 e. The number of rotatable bonds is 1. The first-order valence-corrected chi connectivity index (χ1v) is 5.59. The van der Waals surface area contributed by atoms with E-state index in [9.17, 15) is 0 Å². The zero-order chi connectivity index (χ0) is 9.42. The molecule has 0 amide bonds. The molecule has 0 spiro atoms. The summed E-state index contributed by atoms with van der Waals surface area (Å²) >= 11 is 3.58. The number of benzene rings is 1. The highest BCUT2D eigenvalue weighted by atomic mass is 79.9. The molecule has 2 rings (SSSR count). The Bertz CT molecular complexity index is 333. The van der Waals surface area contributed by atoms with Crippen molar-refractivity contribution in [2.75, 3.05) is 0 Å². The van der Waals surface area contributed by atoms with Gasteiger partial charge in [0.15, 0.2) is 0 Å². The first kappa shape index (κ1) is 9.22. The van der Waals surface area contributed by atoms with Gasteiger partial charge in [-0.1, -0.05) is 28.9 Å². The molecule has 0 saturated carbocycles. The Labute approximate surface area is 87.5 Å². The van der Waals surface area contributed by atoms with Crippen LogP contribution in [0.1, 0.15) is 36.1 Å². The van der Waals surface area contributed by atoms with Crippen LogP contribution in [0.5, 0.6) is 0 Å². The Hall–Kier alpha value is -0.340. The van der Waals surface area contributed by atoms with Crippen LogP contribution in [0.2, 0.25) is 0 Å². The van der Waals surface area contributed by atoms with Crippen molar-refractivity contribution >= 4 is 15.9 Å². The van der Waals surface area contributed by atoms with Gasteiger partial charge in [0.2, 0.25) is 0 Å². The van der Waals surface area contributed by atoms with E-state index in [1.54, 1.807) is 0 Å². The lowest BCUT2D eigenvalue weighted by atomic mass is 9.99. The van der Waals surface area contributed by atoms with Crippen LogP contribution in [0, 0.1) is 0 Å². The lowest BCUT2D eigenvalue weighted by Gasteiger charge is -2.11. The van der Waals surface area contributed by atoms with E-state index in [2.05, 4.69) is 35.0 Å². The van der Waals surface area contributed by atoms with E-state index in [0.717, 1.165) is 19.3 Å². The zero-order valence-corrected chi connectivity index (χ0v) is 9.39. The molecule has 0 bridgehead atoms. The molecule has 1 aliphatic rings. The number of halogens is 1. The molecule has 70 valence electrons. The Kier molecular flexibility index (Phi) is 2.43. The summed E-state index contributed by atoms with van der Waals surface area (Å²) in [4.78, 5) is 0. The Balaban J connectivity index is 2.60. The number of hydrogen-bond acceptors (Lipinski definition) is 1. The number of aryl methyl sites for hydroxylation is 1.